The summed E-state index contributed by atoms with van der Waals surface area (Å²) in [5.74, 6) is 0.876. The highest BCUT2D eigenvalue weighted by atomic mass is 16.6. The lowest BCUT2D eigenvalue weighted by molar-refractivity contribution is -0.383. The van der Waals surface area contributed by atoms with E-state index in [0.29, 0.717) is 11.8 Å². The minimum absolute atomic E-state index is 0.128. The number of aryl methyl sites for hydroxylation is 1. The number of hydrogen-bond acceptors (Lipinski definition) is 6. The van der Waals surface area contributed by atoms with Gasteiger partial charge in [-0.1, -0.05) is 0 Å². The zero-order valence-electron chi connectivity index (χ0n) is 8.13. The molecule has 0 atom stereocenters. The van der Waals surface area contributed by atoms with E-state index in [1.165, 1.54) is 4.52 Å². The van der Waals surface area contributed by atoms with Gasteiger partial charge in [-0.2, -0.15) is 14.6 Å². The maximum absolute atomic E-state index is 10.7. The van der Waals surface area contributed by atoms with E-state index < -0.39 is 4.92 Å². The molecule has 0 unspecified atom stereocenters. The van der Waals surface area contributed by atoms with Crippen LogP contribution >= 0.6 is 0 Å². The number of anilines is 1. The molecule has 0 spiro atoms. The maximum atomic E-state index is 10.7. The smallest absolute Gasteiger partial charge is 0.333 e. The second kappa shape index (κ2) is 3.15. The van der Waals surface area contributed by atoms with Crippen LogP contribution in [0.5, 0.6) is 0 Å². The highest BCUT2D eigenvalue weighted by Crippen LogP contribution is 2.19. The molecule has 0 bridgehead atoms. The molecule has 0 saturated carbocycles. The van der Waals surface area contributed by atoms with Crippen LogP contribution in [0.4, 0.5) is 11.6 Å². The summed E-state index contributed by atoms with van der Waals surface area (Å²) in [5.41, 5.74) is 0.0638. The van der Waals surface area contributed by atoms with Gasteiger partial charge in [0, 0.05) is 7.05 Å². The first-order chi connectivity index (χ1) is 7.13. The monoisotopic (exact) mass is 208 g/mol. The lowest BCUT2D eigenvalue weighted by Gasteiger charge is -2.01. The molecule has 8 nitrogen and oxygen atoms in total. The Balaban J connectivity index is 2.80. The van der Waals surface area contributed by atoms with Crippen molar-refractivity contribution in [2.45, 2.75) is 6.92 Å². The molecule has 0 aliphatic carbocycles. The van der Waals surface area contributed by atoms with Gasteiger partial charge in [-0.15, -0.1) is 0 Å². The molecule has 2 aromatic rings. The largest absolute Gasteiger partial charge is 0.357 e. The molecule has 2 aromatic heterocycles. The van der Waals surface area contributed by atoms with Crippen molar-refractivity contribution >= 4 is 17.3 Å². The van der Waals surface area contributed by atoms with Gasteiger partial charge in [-0.05, 0) is 6.92 Å². The molecule has 2 rings (SSSR count). The van der Waals surface area contributed by atoms with Crippen molar-refractivity contribution in [2.24, 2.45) is 0 Å². The third-order valence-corrected chi connectivity index (χ3v) is 1.88. The van der Waals surface area contributed by atoms with Crippen LogP contribution in [0.15, 0.2) is 6.20 Å². The van der Waals surface area contributed by atoms with Crippen LogP contribution in [0.3, 0.4) is 0 Å². The number of rotatable bonds is 2. The molecule has 78 valence electrons. The third-order valence-electron chi connectivity index (χ3n) is 1.88. The van der Waals surface area contributed by atoms with Crippen LogP contribution in [0.25, 0.3) is 5.65 Å². The van der Waals surface area contributed by atoms with E-state index in [4.69, 9.17) is 0 Å². The van der Waals surface area contributed by atoms with Crippen molar-refractivity contribution in [1.29, 1.82) is 0 Å². The Bertz CT molecular complexity index is 534. The van der Waals surface area contributed by atoms with E-state index in [-0.39, 0.29) is 11.3 Å². The van der Waals surface area contributed by atoms with Gasteiger partial charge in [0.15, 0.2) is 0 Å². The van der Waals surface area contributed by atoms with Crippen LogP contribution in [0, 0.1) is 17.0 Å². The first-order valence-corrected chi connectivity index (χ1v) is 4.18. The summed E-state index contributed by atoms with van der Waals surface area (Å²) in [4.78, 5) is 18.2. The normalized spacial score (nSPS) is 10.5. The topological polar surface area (TPSA) is 98.2 Å². The predicted molar refractivity (Wildman–Crippen MR) is 51.7 cm³/mol. The molecule has 0 amide bonds. The number of nitro groups is 1. The lowest BCUT2D eigenvalue weighted by atomic mass is 10.5. The summed E-state index contributed by atoms with van der Waals surface area (Å²) >= 11 is 0. The first kappa shape index (κ1) is 9.31. The van der Waals surface area contributed by atoms with Crippen LogP contribution in [-0.4, -0.2) is 31.6 Å². The quantitative estimate of drug-likeness (QED) is 0.566. The second-order valence-electron chi connectivity index (χ2n) is 2.87. The molecule has 0 aliphatic heterocycles. The fourth-order valence-corrected chi connectivity index (χ4v) is 1.26. The fourth-order valence-electron chi connectivity index (χ4n) is 1.26. The summed E-state index contributed by atoms with van der Waals surface area (Å²) in [7, 11) is 1.66. The Kier molecular flexibility index (Phi) is 1.96. The molecule has 8 heteroatoms. The summed E-state index contributed by atoms with van der Waals surface area (Å²) in [5, 5.41) is 17.3. The number of nitrogens with one attached hydrogen (secondary N) is 1. The van der Waals surface area contributed by atoms with Gasteiger partial charge in [-0.3, -0.25) is 10.1 Å². The Hall–Kier alpha value is -2.25. The average molecular weight is 208 g/mol. The molecular weight excluding hydrogens is 200 g/mol. The van der Waals surface area contributed by atoms with E-state index >= 15 is 0 Å². The summed E-state index contributed by atoms with van der Waals surface area (Å²) < 4.78 is 1.30. The number of hydrogen-bond donors (Lipinski definition) is 1. The zero-order valence-corrected chi connectivity index (χ0v) is 8.13. The lowest BCUT2D eigenvalue weighted by Crippen LogP contribution is -2.06. The maximum Gasteiger partial charge on any atom is 0.333 e. The van der Waals surface area contributed by atoms with Gasteiger partial charge in [0.2, 0.25) is 11.6 Å². The molecule has 0 radical (unpaired) electrons. The average Bonchev–Trinajstić information content (AvgIpc) is 2.59. The minimum Gasteiger partial charge on any atom is -0.357 e. The van der Waals surface area contributed by atoms with Crippen molar-refractivity contribution in [1.82, 2.24) is 19.6 Å². The first-order valence-electron chi connectivity index (χ1n) is 4.18. The van der Waals surface area contributed by atoms with Gasteiger partial charge in [-0.25, -0.2) is 4.98 Å². The molecule has 0 saturated heterocycles. The van der Waals surface area contributed by atoms with Crippen molar-refractivity contribution in [3.05, 3.63) is 22.1 Å². The molecule has 1 N–H and O–H groups in total. The highest BCUT2D eigenvalue weighted by molar-refractivity contribution is 5.60. The third kappa shape index (κ3) is 1.35. The second-order valence-corrected chi connectivity index (χ2v) is 2.87. The summed E-state index contributed by atoms with van der Waals surface area (Å²) in [6, 6.07) is 0. The highest BCUT2D eigenvalue weighted by Gasteiger charge is 2.18. The molecule has 15 heavy (non-hydrogen) atoms. The van der Waals surface area contributed by atoms with E-state index in [1.807, 2.05) is 0 Å². The Morgan fingerprint density at radius 1 is 1.53 bits per heavy atom. The van der Waals surface area contributed by atoms with Gasteiger partial charge >= 0.3 is 5.69 Å². The van der Waals surface area contributed by atoms with E-state index in [2.05, 4.69) is 20.4 Å². The minimum atomic E-state index is -0.520. The van der Waals surface area contributed by atoms with E-state index in [1.54, 1.807) is 14.0 Å². The molecule has 0 aromatic carbocycles. The number of fused-ring (bicyclic) bond motifs is 1. The Labute approximate surface area is 84.1 Å². The van der Waals surface area contributed by atoms with Crippen LogP contribution in [0.1, 0.15) is 5.82 Å². The SMILES string of the molecule is CNc1nc(C)nc2c([N+](=O)[O-])cnn12. The standard InChI is InChI=1S/C7H8N6O2/c1-4-10-6-5(13(14)15)3-9-12(6)7(8-2)11-4/h3H,1-2H3,(H,8,10,11). The molecule has 2 heterocycles. The van der Waals surface area contributed by atoms with Crippen LogP contribution < -0.4 is 5.32 Å². The molecule has 0 fully saturated rings. The van der Waals surface area contributed by atoms with Crippen molar-refractivity contribution in [2.75, 3.05) is 12.4 Å². The van der Waals surface area contributed by atoms with Crippen LogP contribution in [0.2, 0.25) is 0 Å². The number of nitrogens with zero attached hydrogens (tertiary/aromatic N) is 5. The van der Waals surface area contributed by atoms with E-state index in [0.717, 1.165) is 6.20 Å². The van der Waals surface area contributed by atoms with Gasteiger partial charge in [0.25, 0.3) is 0 Å². The summed E-state index contributed by atoms with van der Waals surface area (Å²) in [6.07, 6.45) is 1.16. The molecule has 0 aliphatic rings. The van der Waals surface area contributed by atoms with Gasteiger partial charge < -0.3 is 5.32 Å². The zero-order chi connectivity index (χ0) is 11.0. The van der Waals surface area contributed by atoms with Gasteiger partial charge in [0.1, 0.15) is 12.0 Å². The van der Waals surface area contributed by atoms with Crippen molar-refractivity contribution in [3.63, 3.8) is 0 Å². The summed E-state index contributed by atoms with van der Waals surface area (Å²) in [6.45, 7) is 1.66. The van der Waals surface area contributed by atoms with Crippen molar-refractivity contribution < 1.29 is 4.92 Å². The Morgan fingerprint density at radius 3 is 2.87 bits per heavy atom. The fraction of sp³-hybridized carbons (Fsp3) is 0.286. The predicted octanol–water partition coefficient (Wildman–Crippen LogP) is 0.383. The Morgan fingerprint density at radius 2 is 2.27 bits per heavy atom. The molecular formula is C7H8N6O2. The van der Waals surface area contributed by atoms with E-state index in [9.17, 15) is 10.1 Å². The number of aromatic nitrogens is 4. The van der Waals surface area contributed by atoms with Crippen LogP contribution in [-0.2, 0) is 0 Å². The van der Waals surface area contributed by atoms with Gasteiger partial charge in [0.05, 0.1) is 4.92 Å². The van der Waals surface area contributed by atoms with Crippen molar-refractivity contribution in [3.8, 4) is 0 Å².